The van der Waals surface area contributed by atoms with Gasteiger partial charge in [0.2, 0.25) is 0 Å². The van der Waals surface area contributed by atoms with Gasteiger partial charge in [-0.25, -0.2) is 9.97 Å². The highest BCUT2D eigenvalue weighted by molar-refractivity contribution is 7.09. The summed E-state index contributed by atoms with van der Waals surface area (Å²) in [7, 11) is 0. The van der Waals surface area contributed by atoms with Crippen LogP contribution in [0.15, 0.2) is 60.0 Å². The standard InChI is InChI=1S/C26H26ClN3OS/c1-18-4-3-14-30(18)15-13-20-6-2-5-19-7-12-23(29-26(19)20)24-17-32-25(28-24)16-31-22-10-8-21(27)9-11-22/h2,5-12,17-18H,3-4,13-16H2,1H3/t18-/m1/s1. The van der Waals surface area contributed by atoms with E-state index in [0.717, 1.165) is 40.6 Å². The van der Waals surface area contributed by atoms with Crippen LogP contribution in [0, 0.1) is 0 Å². The molecule has 0 amide bonds. The van der Waals surface area contributed by atoms with Gasteiger partial charge < -0.3 is 9.64 Å². The summed E-state index contributed by atoms with van der Waals surface area (Å²) in [6.45, 7) is 5.07. The van der Waals surface area contributed by atoms with Crippen LogP contribution in [-0.2, 0) is 13.0 Å². The number of fused-ring (bicyclic) bond motifs is 1. The Labute approximate surface area is 197 Å². The number of likely N-dealkylation sites (tertiary alicyclic amines) is 1. The van der Waals surface area contributed by atoms with Gasteiger partial charge in [0.25, 0.3) is 0 Å². The third kappa shape index (κ3) is 4.80. The van der Waals surface area contributed by atoms with Crippen LogP contribution in [0.4, 0.5) is 0 Å². The highest BCUT2D eigenvalue weighted by atomic mass is 35.5. The van der Waals surface area contributed by atoms with Gasteiger partial charge in [-0.15, -0.1) is 11.3 Å². The van der Waals surface area contributed by atoms with Crippen molar-refractivity contribution in [3.8, 4) is 17.1 Å². The second-order valence-corrected chi connectivity index (χ2v) is 9.71. The average molecular weight is 464 g/mol. The summed E-state index contributed by atoms with van der Waals surface area (Å²) >= 11 is 7.53. The summed E-state index contributed by atoms with van der Waals surface area (Å²) in [5.74, 6) is 0.784. The van der Waals surface area contributed by atoms with E-state index in [4.69, 9.17) is 26.3 Å². The summed E-state index contributed by atoms with van der Waals surface area (Å²) in [4.78, 5) is 12.4. The van der Waals surface area contributed by atoms with Crippen LogP contribution in [-0.4, -0.2) is 34.0 Å². The first kappa shape index (κ1) is 21.4. The van der Waals surface area contributed by atoms with Crippen LogP contribution >= 0.6 is 22.9 Å². The number of para-hydroxylation sites is 1. The fraction of sp³-hybridized carbons (Fsp3) is 0.308. The number of rotatable bonds is 7. The highest BCUT2D eigenvalue weighted by Crippen LogP contribution is 2.26. The van der Waals surface area contributed by atoms with Crippen molar-refractivity contribution < 1.29 is 4.74 Å². The van der Waals surface area contributed by atoms with Crippen molar-refractivity contribution in [3.05, 3.63) is 75.6 Å². The third-order valence-electron chi connectivity index (χ3n) is 6.15. The van der Waals surface area contributed by atoms with E-state index in [2.05, 4.69) is 47.5 Å². The van der Waals surface area contributed by atoms with Gasteiger partial charge in [0, 0.05) is 28.4 Å². The second-order valence-electron chi connectivity index (χ2n) is 8.33. The molecule has 1 saturated heterocycles. The van der Waals surface area contributed by atoms with Gasteiger partial charge in [0.05, 0.1) is 11.2 Å². The summed E-state index contributed by atoms with van der Waals surface area (Å²) in [6.07, 6.45) is 3.65. The molecule has 0 unspecified atom stereocenters. The molecule has 4 aromatic rings. The second kappa shape index (κ2) is 9.57. The maximum atomic E-state index is 5.94. The summed E-state index contributed by atoms with van der Waals surface area (Å²) in [6, 6.07) is 18.8. The molecule has 2 aromatic carbocycles. The molecule has 32 heavy (non-hydrogen) atoms. The van der Waals surface area contributed by atoms with E-state index in [1.807, 2.05) is 24.3 Å². The van der Waals surface area contributed by atoms with E-state index >= 15 is 0 Å². The number of thiazole rings is 1. The Morgan fingerprint density at radius 1 is 1.06 bits per heavy atom. The Balaban J connectivity index is 1.32. The quantitative estimate of drug-likeness (QED) is 0.309. The molecule has 6 heteroatoms. The van der Waals surface area contributed by atoms with Crippen molar-refractivity contribution in [1.29, 1.82) is 0 Å². The van der Waals surface area contributed by atoms with Crippen LogP contribution in [0.25, 0.3) is 22.3 Å². The Hall–Kier alpha value is -2.47. The Kier molecular flexibility index (Phi) is 6.39. The van der Waals surface area contributed by atoms with E-state index < -0.39 is 0 Å². The lowest BCUT2D eigenvalue weighted by atomic mass is 10.1. The van der Waals surface area contributed by atoms with Gasteiger partial charge in [-0.3, -0.25) is 0 Å². The zero-order valence-electron chi connectivity index (χ0n) is 18.1. The smallest absolute Gasteiger partial charge is 0.140 e. The van der Waals surface area contributed by atoms with E-state index in [1.165, 1.54) is 30.3 Å². The topological polar surface area (TPSA) is 38.2 Å². The molecule has 0 radical (unpaired) electrons. The summed E-state index contributed by atoms with van der Waals surface area (Å²) < 4.78 is 5.84. The zero-order chi connectivity index (χ0) is 21.9. The van der Waals surface area contributed by atoms with Crippen LogP contribution in [0.5, 0.6) is 5.75 Å². The van der Waals surface area contributed by atoms with Crippen molar-refractivity contribution in [2.45, 2.75) is 38.8 Å². The molecule has 1 atom stereocenters. The fourth-order valence-electron chi connectivity index (χ4n) is 4.31. The number of benzene rings is 2. The maximum Gasteiger partial charge on any atom is 0.140 e. The predicted molar refractivity (Wildman–Crippen MR) is 133 cm³/mol. The molecule has 2 aromatic heterocycles. The highest BCUT2D eigenvalue weighted by Gasteiger charge is 2.20. The molecule has 0 spiro atoms. The number of pyridine rings is 1. The van der Waals surface area contributed by atoms with E-state index in [-0.39, 0.29) is 0 Å². The normalized spacial score (nSPS) is 16.6. The van der Waals surface area contributed by atoms with E-state index in [9.17, 15) is 0 Å². The average Bonchev–Trinajstić information content (AvgIpc) is 3.46. The molecule has 1 aliphatic rings. The molecular formula is C26H26ClN3OS. The van der Waals surface area contributed by atoms with Crippen LogP contribution < -0.4 is 4.74 Å². The number of aromatic nitrogens is 2. The Morgan fingerprint density at radius 3 is 2.75 bits per heavy atom. The van der Waals surface area contributed by atoms with Gasteiger partial charge in [-0.05, 0) is 68.6 Å². The van der Waals surface area contributed by atoms with E-state index in [0.29, 0.717) is 17.7 Å². The largest absolute Gasteiger partial charge is 0.486 e. The molecule has 4 nitrogen and oxygen atoms in total. The van der Waals surface area contributed by atoms with Crippen molar-refractivity contribution in [3.63, 3.8) is 0 Å². The molecule has 5 rings (SSSR count). The molecule has 0 aliphatic carbocycles. The minimum Gasteiger partial charge on any atom is -0.486 e. The molecule has 1 fully saturated rings. The zero-order valence-corrected chi connectivity index (χ0v) is 19.7. The molecule has 3 heterocycles. The molecule has 0 saturated carbocycles. The van der Waals surface area contributed by atoms with Gasteiger partial charge >= 0.3 is 0 Å². The van der Waals surface area contributed by atoms with Crippen molar-refractivity contribution in [2.24, 2.45) is 0 Å². The number of hydrogen-bond donors (Lipinski definition) is 0. The summed E-state index contributed by atoms with van der Waals surface area (Å²) in [5, 5.41) is 4.87. The van der Waals surface area contributed by atoms with Crippen molar-refractivity contribution in [1.82, 2.24) is 14.9 Å². The summed E-state index contributed by atoms with van der Waals surface area (Å²) in [5.41, 5.74) is 4.21. The molecule has 0 bridgehead atoms. The van der Waals surface area contributed by atoms with Gasteiger partial charge in [0.15, 0.2) is 0 Å². The molecule has 164 valence electrons. The van der Waals surface area contributed by atoms with E-state index in [1.54, 1.807) is 11.3 Å². The first-order valence-corrected chi connectivity index (χ1v) is 12.4. The Morgan fingerprint density at radius 2 is 1.94 bits per heavy atom. The van der Waals surface area contributed by atoms with Gasteiger partial charge in [-0.1, -0.05) is 35.9 Å². The maximum absolute atomic E-state index is 5.94. The van der Waals surface area contributed by atoms with Gasteiger partial charge in [0.1, 0.15) is 23.1 Å². The Bertz CT molecular complexity index is 1210. The monoisotopic (exact) mass is 463 g/mol. The SMILES string of the molecule is C[C@@H]1CCCN1CCc1cccc2ccc(-c3csc(COc4ccc(Cl)cc4)n3)nc12. The van der Waals surface area contributed by atoms with Crippen LogP contribution in [0.1, 0.15) is 30.3 Å². The van der Waals surface area contributed by atoms with Crippen molar-refractivity contribution in [2.75, 3.05) is 13.1 Å². The predicted octanol–water partition coefficient (Wildman–Crippen LogP) is 6.62. The number of halogens is 1. The fourth-order valence-corrected chi connectivity index (χ4v) is 5.14. The minimum atomic E-state index is 0.430. The lowest BCUT2D eigenvalue weighted by molar-refractivity contribution is 0.272. The van der Waals surface area contributed by atoms with Gasteiger partial charge in [-0.2, -0.15) is 0 Å². The third-order valence-corrected chi connectivity index (χ3v) is 7.23. The van der Waals surface area contributed by atoms with Crippen LogP contribution in [0.3, 0.4) is 0 Å². The lowest BCUT2D eigenvalue weighted by Crippen LogP contribution is -2.29. The number of nitrogens with zero attached hydrogens (tertiary/aromatic N) is 3. The number of hydrogen-bond acceptors (Lipinski definition) is 5. The minimum absolute atomic E-state index is 0.430. The lowest BCUT2D eigenvalue weighted by Gasteiger charge is -2.21. The van der Waals surface area contributed by atoms with Crippen LogP contribution in [0.2, 0.25) is 5.02 Å². The number of ether oxygens (including phenoxy) is 1. The first-order valence-electron chi connectivity index (χ1n) is 11.1. The van der Waals surface area contributed by atoms with Crippen molar-refractivity contribution >= 4 is 33.8 Å². The first-order chi connectivity index (χ1) is 15.7. The molecule has 0 N–H and O–H groups in total. The molecule has 1 aliphatic heterocycles. The molecular weight excluding hydrogens is 438 g/mol.